The van der Waals surface area contributed by atoms with E-state index in [0.29, 0.717) is 6.04 Å². The second-order valence-corrected chi connectivity index (χ2v) is 6.35. The van der Waals surface area contributed by atoms with Crippen LogP contribution in [0.2, 0.25) is 5.02 Å². The molecule has 0 aromatic heterocycles. The highest BCUT2D eigenvalue weighted by atomic mass is 35.5. The topological polar surface area (TPSA) is 15.3 Å². The van der Waals surface area contributed by atoms with E-state index in [4.69, 9.17) is 11.6 Å². The molecule has 1 unspecified atom stereocenters. The lowest BCUT2D eigenvalue weighted by Crippen LogP contribution is -2.64. The zero-order chi connectivity index (χ0) is 14.8. The Morgan fingerprint density at radius 3 is 2.60 bits per heavy atom. The van der Waals surface area contributed by atoms with Crippen LogP contribution in [0.3, 0.4) is 0 Å². The van der Waals surface area contributed by atoms with Crippen molar-refractivity contribution in [1.29, 1.82) is 0 Å². The van der Waals surface area contributed by atoms with Gasteiger partial charge in [0.2, 0.25) is 0 Å². The summed E-state index contributed by atoms with van der Waals surface area (Å²) in [7, 11) is 0. The molecule has 1 heterocycles. The molecule has 0 bridgehead atoms. The van der Waals surface area contributed by atoms with Crippen LogP contribution in [-0.4, -0.2) is 24.7 Å². The zero-order valence-corrected chi connectivity index (χ0v) is 13.9. The van der Waals surface area contributed by atoms with E-state index in [2.05, 4.69) is 50.0 Å². The molecule has 0 saturated carbocycles. The zero-order valence-electron chi connectivity index (χ0n) is 13.2. The highest BCUT2D eigenvalue weighted by Gasteiger charge is 2.36. The smallest absolute Gasteiger partial charge is 0.0455 e. The molecule has 1 aromatic rings. The van der Waals surface area contributed by atoms with Crippen molar-refractivity contribution in [2.45, 2.75) is 58.5 Å². The van der Waals surface area contributed by atoms with Crippen molar-refractivity contribution in [3.63, 3.8) is 0 Å². The van der Waals surface area contributed by atoms with E-state index in [0.717, 1.165) is 37.4 Å². The van der Waals surface area contributed by atoms with Gasteiger partial charge in [-0.2, -0.15) is 0 Å². The maximum Gasteiger partial charge on any atom is 0.0455 e. The van der Waals surface area contributed by atoms with Gasteiger partial charge in [-0.25, -0.2) is 0 Å². The Kier molecular flexibility index (Phi) is 4.98. The van der Waals surface area contributed by atoms with E-state index in [1.165, 1.54) is 11.3 Å². The van der Waals surface area contributed by atoms with Crippen molar-refractivity contribution < 1.29 is 0 Å². The van der Waals surface area contributed by atoms with E-state index < -0.39 is 0 Å². The lowest BCUT2D eigenvalue weighted by Gasteiger charge is -2.49. The molecule has 1 fully saturated rings. The summed E-state index contributed by atoms with van der Waals surface area (Å²) in [5, 5.41) is 4.66. The largest absolute Gasteiger partial charge is 0.365 e. The first-order chi connectivity index (χ1) is 9.56. The first kappa shape index (κ1) is 15.7. The number of halogens is 1. The van der Waals surface area contributed by atoms with Gasteiger partial charge in [0, 0.05) is 35.4 Å². The van der Waals surface area contributed by atoms with Crippen molar-refractivity contribution in [2.75, 3.05) is 18.0 Å². The van der Waals surface area contributed by atoms with E-state index in [1.54, 1.807) is 0 Å². The molecule has 20 heavy (non-hydrogen) atoms. The average Bonchev–Trinajstić information content (AvgIpc) is 2.49. The fourth-order valence-electron chi connectivity index (χ4n) is 3.23. The van der Waals surface area contributed by atoms with Crippen molar-refractivity contribution in [3.8, 4) is 0 Å². The number of nitrogens with zero attached hydrogens (tertiary/aromatic N) is 1. The summed E-state index contributed by atoms with van der Waals surface area (Å²) in [5.41, 5.74) is 2.74. The molecular formula is C17H27ClN2. The first-order valence-electron chi connectivity index (χ1n) is 7.83. The van der Waals surface area contributed by atoms with Crippen molar-refractivity contribution in [3.05, 3.63) is 28.8 Å². The van der Waals surface area contributed by atoms with Crippen LogP contribution in [0.4, 0.5) is 5.69 Å². The maximum absolute atomic E-state index is 6.32. The number of hydrogen-bond acceptors (Lipinski definition) is 2. The van der Waals surface area contributed by atoms with Gasteiger partial charge in [-0.3, -0.25) is 0 Å². The molecule has 1 aliphatic heterocycles. The van der Waals surface area contributed by atoms with Crippen LogP contribution < -0.4 is 10.2 Å². The van der Waals surface area contributed by atoms with Crippen molar-refractivity contribution >= 4 is 17.3 Å². The van der Waals surface area contributed by atoms with E-state index in [1.807, 2.05) is 6.07 Å². The van der Waals surface area contributed by atoms with Gasteiger partial charge in [0.1, 0.15) is 0 Å². The predicted octanol–water partition coefficient (Wildman–Crippen LogP) is 4.40. The van der Waals surface area contributed by atoms with Crippen LogP contribution >= 0.6 is 11.6 Å². The number of piperazine rings is 1. The summed E-state index contributed by atoms with van der Waals surface area (Å²) < 4.78 is 0. The molecule has 1 aromatic carbocycles. The summed E-state index contributed by atoms with van der Waals surface area (Å²) in [4.78, 5) is 2.57. The van der Waals surface area contributed by atoms with Crippen LogP contribution in [0.25, 0.3) is 0 Å². The maximum atomic E-state index is 6.32. The summed E-state index contributed by atoms with van der Waals surface area (Å²) in [6.45, 7) is 11.1. The van der Waals surface area contributed by atoms with Gasteiger partial charge >= 0.3 is 0 Å². The number of benzene rings is 1. The molecule has 112 valence electrons. The summed E-state index contributed by atoms with van der Waals surface area (Å²) >= 11 is 6.32. The standard InChI is InChI=1S/C17H27ClN2/c1-5-14-11-19-17(6-2,7-3)12-20(14)16-10-8-9-15(18)13(16)4/h8-10,14,19H,5-7,11-12H2,1-4H3. The Labute approximate surface area is 128 Å². The highest BCUT2D eigenvalue weighted by molar-refractivity contribution is 6.31. The Hall–Kier alpha value is -0.730. The number of rotatable bonds is 4. The Morgan fingerprint density at radius 2 is 2.00 bits per heavy atom. The summed E-state index contributed by atoms with van der Waals surface area (Å²) in [5.74, 6) is 0. The molecule has 0 radical (unpaired) electrons. The third-order valence-electron chi connectivity index (χ3n) is 5.00. The Morgan fingerprint density at radius 1 is 1.30 bits per heavy atom. The second-order valence-electron chi connectivity index (χ2n) is 5.94. The predicted molar refractivity (Wildman–Crippen MR) is 88.9 cm³/mol. The third-order valence-corrected chi connectivity index (χ3v) is 5.41. The van der Waals surface area contributed by atoms with Crippen LogP contribution in [0.1, 0.15) is 45.6 Å². The number of nitrogens with one attached hydrogen (secondary N) is 1. The van der Waals surface area contributed by atoms with Crippen LogP contribution in [-0.2, 0) is 0 Å². The SMILES string of the molecule is CCC1CNC(CC)(CC)CN1c1cccc(Cl)c1C. The van der Waals surface area contributed by atoms with Crippen molar-refractivity contribution in [2.24, 2.45) is 0 Å². The molecule has 1 aliphatic rings. The van der Waals surface area contributed by atoms with Gasteiger partial charge in [0.05, 0.1) is 0 Å². The minimum Gasteiger partial charge on any atom is -0.365 e. The molecule has 0 aliphatic carbocycles. The average molecular weight is 295 g/mol. The Balaban J connectivity index is 2.36. The summed E-state index contributed by atoms with van der Waals surface area (Å²) in [6.07, 6.45) is 3.48. The van der Waals surface area contributed by atoms with Gasteiger partial charge in [-0.05, 0) is 43.9 Å². The van der Waals surface area contributed by atoms with Crippen LogP contribution in [0.15, 0.2) is 18.2 Å². The highest BCUT2D eigenvalue weighted by Crippen LogP contribution is 2.33. The van der Waals surface area contributed by atoms with Crippen LogP contribution in [0, 0.1) is 6.92 Å². The molecule has 3 heteroatoms. The quantitative estimate of drug-likeness (QED) is 0.886. The van der Waals surface area contributed by atoms with Crippen molar-refractivity contribution in [1.82, 2.24) is 5.32 Å². The summed E-state index contributed by atoms with van der Waals surface area (Å²) in [6, 6.07) is 6.82. The minimum absolute atomic E-state index is 0.237. The molecule has 0 amide bonds. The van der Waals surface area contributed by atoms with E-state index in [9.17, 15) is 0 Å². The third kappa shape index (κ3) is 2.82. The van der Waals surface area contributed by atoms with E-state index in [-0.39, 0.29) is 5.54 Å². The lowest BCUT2D eigenvalue weighted by atomic mass is 9.87. The van der Waals surface area contributed by atoms with Gasteiger partial charge in [-0.1, -0.05) is 38.4 Å². The molecule has 0 spiro atoms. The van der Waals surface area contributed by atoms with Gasteiger partial charge in [0.25, 0.3) is 0 Å². The lowest BCUT2D eigenvalue weighted by molar-refractivity contribution is 0.246. The fourth-order valence-corrected chi connectivity index (χ4v) is 3.40. The fraction of sp³-hybridized carbons (Fsp3) is 0.647. The molecule has 1 saturated heterocycles. The Bertz CT molecular complexity index is 454. The first-order valence-corrected chi connectivity index (χ1v) is 8.21. The molecular weight excluding hydrogens is 268 g/mol. The van der Waals surface area contributed by atoms with Crippen LogP contribution in [0.5, 0.6) is 0 Å². The van der Waals surface area contributed by atoms with Gasteiger partial charge in [-0.15, -0.1) is 0 Å². The second kappa shape index (κ2) is 6.36. The molecule has 2 nitrogen and oxygen atoms in total. The van der Waals surface area contributed by atoms with Gasteiger partial charge < -0.3 is 10.2 Å². The monoisotopic (exact) mass is 294 g/mol. The molecule has 1 N–H and O–H groups in total. The normalized spacial score (nSPS) is 22.1. The molecule has 1 atom stereocenters. The minimum atomic E-state index is 0.237. The van der Waals surface area contributed by atoms with E-state index >= 15 is 0 Å². The van der Waals surface area contributed by atoms with Gasteiger partial charge in [0.15, 0.2) is 0 Å². The number of hydrogen-bond donors (Lipinski definition) is 1. The molecule has 2 rings (SSSR count). The number of anilines is 1.